The third-order valence-electron chi connectivity index (χ3n) is 6.36. The average molecular weight is 507 g/mol. The van der Waals surface area contributed by atoms with E-state index in [1.54, 1.807) is 44.0 Å². The molecule has 4 aromatic rings. The summed E-state index contributed by atoms with van der Waals surface area (Å²) in [5, 5.41) is 8.17. The molecule has 2 aromatic heterocycles. The van der Waals surface area contributed by atoms with E-state index in [0.717, 1.165) is 5.56 Å². The lowest BCUT2D eigenvalue weighted by molar-refractivity contribution is 0.102. The first kappa shape index (κ1) is 23.8. The first-order valence-electron chi connectivity index (χ1n) is 11.5. The Hall–Kier alpha value is -3.92. The Labute approximate surface area is 209 Å². The molecule has 0 spiro atoms. The molecule has 1 fully saturated rings. The number of anilines is 1. The molecular formula is C26H26N4O5S. The standard InChI is InChI=1S/C26H26N4O5S/c1-16-24-20(26(31)28-21-9-4-5-10-23(21)35-3)14-22(17-7-6-8-19(13-17)34-2)27-25(24)30(29-16)18-11-12-36(32,33)15-18/h4-10,13-14,18H,11-12,15H2,1-3H3,(H,28,31). The summed E-state index contributed by atoms with van der Waals surface area (Å²) in [6, 6.07) is 15.9. The number of nitrogens with zero attached hydrogens (tertiary/aromatic N) is 3. The van der Waals surface area contributed by atoms with Crippen LogP contribution in [0.4, 0.5) is 5.69 Å². The van der Waals surface area contributed by atoms with Gasteiger partial charge in [0.25, 0.3) is 5.91 Å². The molecule has 0 radical (unpaired) electrons. The van der Waals surface area contributed by atoms with Crippen molar-refractivity contribution in [3.63, 3.8) is 0 Å². The zero-order valence-corrected chi connectivity index (χ0v) is 21.0. The van der Waals surface area contributed by atoms with Crippen LogP contribution in [-0.2, 0) is 9.84 Å². The number of nitrogens with one attached hydrogen (secondary N) is 1. The van der Waals surface area contributed by atoms with Crippen LogP contribution in [0.3, 0.4) is 0 Å². The van der Waals surface area contributed by atoms with E-state index in [1.165, 1.54) is 0 Å². The van der Waals surface area contributed by atoms with Gasteiger partial charge in [0.1, 0.15) is 11.5 Å². The van der Waals surface area contributed by atoms with E-state index in [-0.39, 0.29) is 23.5 Å². The lowest BCUT2D eigenvalue weighted by atomic mass is 10.0. The second-order valence-corrected chi connectivity index (χ2v) is 11.0. The summed E-state index contributed by atoms with van der Waals surface area (Å²) in [7, 11) is -0.0213. The second kappa shape index (κ2) is 9.27. The Morgan fingerprint density at radius 3 is 2.61 bits per heavy atom. The minimum atomic E-state index is -3.15. The number of sulfone groups is 1. The normalized spacial score (nSPS) is 16.7. The van der Waals surface area contributed by atoms with E-state index in [0.29, 0.717) is 51.6 Å². The third kappa shape index (κ3) is 4.39. The van der Waals surface area contributed by atoms with Gasteiger partial charge in [0.2, 0.25) is 0 Å². The van der Waals surface area contributed by atoms with Gasteiger partial charge in [-0.05, 0) is 43.7 Å². The Bertz CT molecular complexity index is 1580. The van der Waals surface area contributed by atoms with Crippen LogP contribution in [0.25, 0.3) is 22.3 Å². The summed E-state index contributed by atoms with van der Waals surface area (Å²) in [4.78, 5) is 18.5. The van der Waals surface area contributed by atoms with E-state index in [1.807, 2.05) is 36.4 Å². The molecule has 1 unspecified atom stereocenters. The Kier molecular flexibility index (Phi) is 6.13. The molecule has 1 saturated heterocycles. The van der Waals surface area contributed by atoms with Crippen LogP contribution < -0.4 is 14.8 Å². The highest BCUT2D eigenvalue weighted by Crippen LogP contribution is 2.33. The van der Waals surface area contributed by atoms with Gasteiger partial charge in [0.15, 0.2) is 15.5 Å². The number of methoxy groups -OCH3 is 2. The number of aromatic nitrogens is 3. The van der Waals surface area contributed by atoms with Crippen molar-refractivity contribution in [2.24, 2.45) is 0 Å². The number of amides is 1. The molecule has 5 rings (SSSR count). The van der Waals surface area contributed by atoms with Crippen molar-refractivity contribution in [3.05, 3.63) is 65.9 Å². The zero-order chi connectivity index (χ0) is 25.4. The molecule has 1 N–H and O–H groups in total. The molecule has 0 bridgehead atoms. The number of para-hydroxylation sites is 2. The number of carbonyl (C=O) groups excluding carboxylic acids is 1. The number of aryl methyl sites for hydroxylation is 1. The maximum atomic E-state index is 13.6. The Morgan fingerprint density at radius 1 is 1.08 bits per heavy atom. The molecule has 1 atom stereocenters. The molecule has 1 amide bonds. The summed E-state index contributed by atoms with van der Waals surface area (Å²) in [5.74, 6) is 0.942. The quantitative estimate of drug-likeness (QED) is 0.420. The number of carbonyl (C=O) groups is 1. The molecule has 3 heterocycles. The highest BCUT2D eigenvalue weighted by molar-refractivity contribution is 7.91. The summed E-state index contributed by atoms with van der Waals surface area (Å²) >= 11 is 0. The maximum Gasteiger partial charge on any atom is 0.256 e. The first-order chi connectivity index (χ1) is 17.3. The van der Waals surface area contributed by atoms with Crippen molar-refractivity contribution < 1.29 is 22.7 Å². The van der Waals surface area contributed by atoms with Gasteiger partial charge in [-0.1, -0.05) is 24.3 Å². The summed E-state index contributed by atoms with van der Waals surface area (Å²) in [6.07, 6.45) is 0.451. The zero-order valence-electron chi connectivity index (χ0n) is 20.2. The van der Waals surface area contributed by atoms with E-state index in [2.05, 4.69) is 10.4 Å². The van der Waals surface area contributed by atoms with Crippen molar-refractivity contribution in [2.45, 2.75) is 19.4 Å². The van der Waals surface area contributed by atoms with E-state index < -0.39 is 9.84 Å². The van der Waals surface area contributed by atoms with Crippen LogP contribution in [0.5, 0.6) is 11.5 Å². The lowest BCUT2D eigenvalue weighted by Crippen LogP contribution is -2.15. The minimum absolute atomic E-state index is 0.00295. The van der Waals surface area contributed by atoms with Crippen LogP contribution >= 0.6 is 0 Å². The molecule has 36 heavy (non-hydrogen) atoms. The van der Waals surface area contributed by atoms with Gasteiger partial charge in [0, 0.05) is 5.56 Å². The summed E-state index contributed by atoms with van der Waals surface area (Å²) in [5.41, 5.74) is 3.29. The number of pyridine rings is 1. The fraction of sp³-hybridized carbons (Fsp3) is 0.269. The van der Waals surface area contributed by atoms with E-state index in [9.17, 15) is 13.2 Å². The highest BCUT2D eigenvalue weighted by Gasteiger charge is 2.32. The molecule has 2 aromatic carbocycles. The van der Waals surface area contributed by atoms with Crippen molar-refractivity contribution in [1.29, 1.82) is 0 Å². The third-order valence-corrected chi connectivity index (χ3v) is 8.11. The SMILES string of the molecule is COc1cccc(-c2cc(C(=O)Nc3ccccc3OC)c3c(C)nn(C4CCS(=O)(=O)C4)c3n2)c1. The van der Waals surface area contributed by atoms with Crippen molar-refractivity contribution in [2.75, 3.05) is 31.0 Å². The molecule has 10 heteroatoms. The van der Waals surface area contributed by atoms with Crippen molar-refractivity contribution in [1.82, 2.24) is 14.8 Å². The monoisotopic (exact) mass is 506 g/mol. The summed E-state index contributed by atoms with van der Waals surface area (Å²) < 4.78 is 36.8. The molecular weight excluding hydrogens is 480 g/mol. The fourth-order valence-electron chi connectivity index (χ4n) is 4.58. The van der Waals surface area contributed by atoms with Crippen LogP contribution in [0.1, 0.15) is 28.5 Å². The van der Waals surface area contributed by atoms with Gasteiger partial charge in [0.05, 0.1) is 59.8 Å². The topological polar surface area (TPSA) is 112 Å². The molecule has 0 aliphatic carbocycles. The van der Waals surface area contributed by atoms with Crippen LogP contribution in [-0.4, -0.2) is 54.8 Å². The van der Waals surface area contributed by atoms with Crippen LogP contribution in [0.2, 0.25) is 0 Å². The number of rotatable bonds is 6. The Balaban J connectivity index is 1.69. The van der Waals surface area contributed by atoms with E-state index in [4.69, 9.17) is 14.5 Å². The molecule has 1 aliphatic rings. The molecule has 9 nitrogen and oxygen atoms in total. The maximum absolute atomic E-state index is 13.6. The minimum Gasteiger partial charge on any atom is -0.497 e. The van der Waals surface area contributed by atoms with Crippen molar-refractivity contribution in [3.8, 4) is 22.8 Å². The molecule has 1 aliphatic heterocycles. The second-order valence-electron chi connectivity index (χ2n) is 8.73. The van der Waals surface area contributed by atoms with Gasteiger partial charge in [-0.3, -0.25) is 4.79 Å². The number of hydrogen-bond acceptors (Lipinski definition) is 7. The number of ether oxygens (including phenoxy) is 2. The van der Waals surface area contributed by atoms with Gasteiger partial charge < -0.3 is 14.8 Å². The predicted octanol–water partition coefficient (Wildman–Crippen LogP) is 4.04. The largest absolute Gasteiger partial charge is 0.497 e. The molecule has 186 valence electrons. The fourth-order valence-corrected chi connectivity index (χ4v) is 6.27. The lowest BCUT2D eigenvalue weighted by Gasteiger charge is -2.13. The number of hydrogen-bond donors (Lipinski definition) is 1. The molecule has 0 saturated carbocycles. The van der Waals surface area contributed by atoms with Crippen molar-refractivity contribution >= 4 is 32.5 Å². The summed E-state index contributed by atoms with van der Waals surface area (Å²) in [6.45, 7) is 1.80. The highest BCUT2D eigenvalue weighted by atomic mass is 32.2. The average Bonchev–Trinajstić information content (AvgIpc) is 3.42. The smallest absolute Gasteiger partial charge is 0.256 e. The van der Waals surface area contributed by atoms with Gasteiger partial charge in [-0.25, -0.2) is 18.1 Å². The number of benzene rings is 2. The predicted molar refractivity (Wildman–Crippen MR) is 138 cm³/mol. The number of fused-ring (bicyclic) bond motifs is 1. The van der Waals surface area contributed by atoms with Gasteiger partial charge >= 0.3 is 0 Å². The first-order valence-corrected chi connectivity index (χ1v) is 13.3. The van der Waals surface area contributed by atoms with Gasteiger partial charge in [-0.2, -0.15) is 5.10 Å². The van der Waals surface area contributed by atoms with E-state index >= 15 is 0 Å². The van der Waals surface area contributed by atoms with Gasteiger partial charge in [-0.15, -0.1) is 0 Å². The Morgan fingerprint density at radius 2 is 1.89 bits per heavy atom. The van der Waals surface area contributed by atoms with Crippen LogP contribution in [0.15, 0.2) is 54.6 Å². The van der Waals surface area contributed by atoms with Crippen LogP contribution in [0, 0.1) is 6.92 Å².